The first-order valence-electron chi connectivity index (χ1n) is 7.14. The summed E-state index contributed by atoms with van der Waals surface area (Å²) >= 11 is 0. The summed E-state index contributed by atoms with van der Waals surface area (Å²) in [7, 11) is 0. The summed E-state index contributed by atoms with van der Waals surface area (Å²) in [6, 6.07) is 2.55. The zero-order valence-corrected chi connectivity index (χ0v) is 11.0. The molecule has 1 atom stereocenters. The lowest BCUT2D eigenvalue weighted by Gasteiger charge is -2.27. The second-order valence-corrected chi connectivity index (χ2v) is 5.56. The van der Waals surface area contributed by atoms with Gasteiger partial charge in [0, 0.05) is 6.04 Å². The Kier molecular flexibility index (Phi) is 4.41. The Balaban J connectivity index is 2.00. The van der Waals surface area contributed by atoms with Crippen molar-refractivity contribution >= 4 is 5.91 Å². The fraction of sp³-hybridized carbons (Fsp3) is 0.733. The van der Waals surface area contributed by atoms with Crippen LogP contribution in [0.4, 0.5) is 0 Å². The molecule has 2 rings (SSSR count). The van der Waals surface area contributed by atoms with Gasteiger partial charge < -0.3 is 5.32 Å². The monoisotopic (exact) mass is 246 g/mol. The van der Waals surface area contributed by atoms with Gasteiger partial charge in [-0.15, -0.1) is 0 Å². The van der Waals surface area contributed by atoms with Crippen LogP contribution in [0.2, 0.25) is 0 Å². The van der Waals surface area contributed by atoms with E-state index in [0.717, 1.165) is 57.8 Å². The molecule has 0 radical (unpaired) electrons. The minimum Gasteiger partial charge on any atom is -0.352 e. The molecule has 3 heteroatoms. The second-order valence-electron chi connectivity index (χ2n) is 5.56. The van der Waals surface area contributed by atoms with Gasteiger partial charge in [-0.1, -0.05) is 37.8 Å². The van der Waals surface area contributed by atoms with Crippen LogP contribution in [-0.2, 0) is 4.79 Å². The number of nitriles is 1. The van der Waals surface area contributed by atoms with Crippen LogP contribution in [-0.4, -0.2) is 11.9 Å². The van der Waals surface area contributed by atoms with E-state index in [0.29, 0.717) is 0 Å². The van der Waals surface area contributed by atoms with Gasteiger partial charge in [0.05, 0.1) is 6.07 Å². The lowest BCUT2D eigenvalue weighted by Crippen LogP contribution is -2.45. The zero-order chi connectivity index (χ0) is 12.8. The van der Waals surface area contributed by atoms with Gasteiger partial charge in [-0.05, 0) is 32.1 Å². The van der Waals surface area contributed by atoms with Gasteiger partial charge in [0.25, 0.3) is 0 Å². The van der Waals surface area contributed by atoms with Crippen LogP contribution < -0.4 is 5.32 Å². The first-order chi connectivity index (χ1) is 8.77. The van der Waals surface area contributed by atoms with Crippen molar-refractivity contribution in [3.63, 3.8) is 0 Å². The third-order valence-electron chi connectivity index (χ3n) is 4.21. The Bertz CT molecular complexity index is 359. The van der Waals surface area contributed by atoms with Crippen molar-refractivity contribution in [2.45, 2.75) is 63.8 Å². The van der Waals surface area contributed by atoms with E-state index in [2.05, 4.69) is 23.5 Å². The van der Waals surface area contributed by atoms with Crippen LogP contribution >= 0.6 is 0 Å². The van der Waals surface area contributed by atoms with E-state index in [1.165, 1.54) is 0 Å². The van der Waals surface area contributed by atoms with E-state index in [9.17, 15) is 10.1 Å². The van der Waals surface area contributed by atoms with Crippen LogP contribution in [0.25, 0.3) is 0 Å². The minimum atomic E-state index is -0.752. The van der Waals surface area contributed by atoms with Gasteiger partial charge in [0.1, 0.15) is 5.41 Å². The summed E-state index contributed by atoms with van der Waals surface area (Å²) in [5, 5.41) is 12.5. The summed E-state index contributed by atoms with van der Waals surface area (Å²) in [6.45, 7) is 0. The van der Waals surface area contributed by atoms with E-state index in [1.54, 1.807) is 0 Å². The molecule has 2 aliphatic rings. The Morgan fingerprint density at radius 1 is 1.22 bits per heavy atom. The van der Waals surface area contributed by atoms with Crippen LogP contribution in [0.3, 0.4) is 0 Å². The highest BCUT2D eigenvalue weighted by Crippen LogP contribution is 2.35. The minimum absolute atomic E-state index is 0.0211. The Hall–Kier alpha value is -1.30. The lowest BCUT2D eigenvalue weighted by molar-refractivity contribution is -0.129. The van der Waals surface area contributed by atoms with E-state index in [-0.39, 0.29) is 11.9 Å². The third kappa shape index (κ3) is 2.93. The fourth-order valence-corrected chi connectivity index (χ4v) is 2.97. The average Bonchev–Trinajstić information content (AvgIpc) is 2.66. The largest absolute Gasteiger partial charge is 0.352 e. The molecule has 0 spiro atoms. The van der Waals surface area contributed by atoms with Crippen molar-refractivity contribution in [3.05, 3.63) is 12.2 Å². The van der Waals surface area contributed by atoms with Crippen LogP contribution in [0.5, 0.6) is 0 Å². The van der Waals surface area contributed by atoms with E-state index < -0.39 is 5.41 Å². The molecule has 0 aromatic rings. The standard InChI is InChI=1S/C15H22N2O/c16-12-15(10-6-1-2-7-11-15)14(18)17-13-8-4-3-5-9-13/h3-4,13H,1-2,5-11H2,(H,17,18). The molecule has 1 N–H and O–H groups in total. The number of hydrogen-bond donors (Lipinski definition) is 1. The fourth-order valence-electron chi connectivity index (χ4n) is 2.97. The summed E-state index contributed by atoms with van der Waals surface area (Å²) in [6.07, 6.45) is 13.0. The highest BCUT2D eigenvalue weighted by Gasteiger charge is 2.39. The molecule has 3 nitrogen and oxygen atoms in total. The quantitative estimate of drug-likeness (QED) is 0.601. The molecular formula is C15H22N2O. The molecule has 18 heavy (non-hydrogen) atoms. The van der Waals surface area contributed by atoms with Crippen LogP contribution in [0.1, 0.15) is 57.8 Å². The van der Waals surface area contributed by atoms with Crippen molar-refractivity contribution in [1.29, 1.82) is 5.26 Å². The maximum atomic E-state index is 12.4. The highest BCUT2D eigenvalue weighted by molar-refractivity contribution is 5.85. The van der Waals surface area contributed by atoms with Crippen molar-refractivity contribution in [3.8, 4) is 6.07 Å². The average molecular weight is 246 g/mol. The molecule has 1 saturated carbocycles. The molecule has 0 aliphatic heterocycles. The van der Waals surface area contributed by atoms with Crippen molar-refractivity contribution in [2.75, 3.05) is 0 Å². The molecule has 98 valence electrons. The number of carbonyl (C=O) groups excluding carboxylic acids is 1. The molecular weight excluding hydrogens is 224 g/mol. The molecule has 0 aromatic heterocycles. The smallest absolute Gasteiger partial charge is 0.240 e. The maximum absolute atomic E-state index is 12.4. The van der Waals surface area contributed by atoms with Crippen LogP contribution in [0.15, 0.2) is 12.2 Å². The molecule has 1 unspecified atom stereocenters. The highest BCUT2D eigenvalue weighted by atomic mass is 16.2. The van der Waals surface area contributed by atoms with Gasteiger partial charge in [0.2, 0.25) is 5.91 Å². The Morgan fingerprint density at radius 3 is 2.50 bits per heavy atom. The number of hydrogen-bond acceptors (Lipinski definition) is 2. The topological polar surface area (TPSA) is 52.9 Å². The summed E-state index contributed by atoms with van der Waals surface area (Å²) < 4.78 is 0. The number of carbonyl (C=O) groups is 1. The predicted molar refractivity (Wildman–Crippen MR) is 70.7 cm³/mol. The SMILES string of the molecule is N#CC1(C(=O)NC2CC=CCC2)CCCCCC1. The van der Waals surface area contributed by atoms with Gasteiger partial charge in [-0.2, -0.15) is 5.26 Å². The third-order valence-corrected chi connectivity index (χ3v) is 4.21. The zero-order valence-electron chi connectivity index (χ0n) is 11.0. The lowest BCUT2D eigenvalue weighted by atomic mass is 9.80. The number of nitrogens with one attached hydrogen (secondary N) is 1. The number of nitrogens with zero attached hydrogens (tertiary/aromatic N) is 1. The first kappa shape index (κ1) is 13.1. The van der Waals surface area contributed by atoms with Crippen molar-refractivity contribution in [2.24, 2.45) is 5.41 Å². The molecule has 0 bridgehead atoms. The number of rotatable bonds is 2. The Labute approximate surface area is 109 Å². The normalized spacial score (nSPS) is 26.9. The van der Waals surface area contributed by atoms with Gasteiger partial charge >= 0.3 is 0 Å². The molecule has 1 fully saturated rings. The van der Waals surface area contributed by atoms with Gasteiger partial charge in [-0.3, -0.25) is 4.79 Å². The predicted octanol–water partition coefficient (Wildman–Crippen LogP) is 3.08. The number of allylic oxidation sites excluding steroid dienone is 1. The number of amides is 1. The van der Waals surface area contributed by atoms with E-state index >= 15 is 0 Å². The van der Waals surface area contributed by atoms with Crippen molar-refractivity contribution < 1.29 is 4.79 Å². The molecule has 2 aliphatic carbocycles. The van der Waals surface area contributed by atoms with E-state index in [1.807, 2.05) is 0 Å². The van der Waals surface area contributed by atoms with Gasteiger partial charge in [0.15, 0.2) is 0 Å². The first-order valence-corrected chi connectivity index (χ1v) is 7.14. The van der Waals surface area contributed by atoms with E-state index in [4.69, 9.17) is 0 Å². The summed E-state index contributed by atoms with van der Waals surface area (Å²) in [5.74, 6) is -0.0211. The maximum Gasteiger partial charge on any atom is 0.240 e. The molecule has 0 heterocycles. The molecule has 1 amide bonds. The van der Waals surface area contributed by atoms with Crippen LogP contribution in [0, 0.1) is 16.7 Å². The Morgan fingerprint density at radius 2 is 1.94 bits per heavy atom. The van der Waals surface area contributed by atoms with Crippen molar-refractivity contribution in [1.82, 2.24) is 5.32 Å². The van der Waals surface area contributed by atoms with Gasteiger partial charge in [-0.25, -0.2) is 0 Å². The summed E-state index contributed by atoms with van der Waals surface area (Å²) in [5.41, 5.74) is -0.752. The molecule has 0 aromatic carbocycles. The second kappa shape index (κ2) is 6.04. The molecule has 0 saturated heterocycles. The summed E-state index contributed by atoms with van der Waals surface area (Å²) in [4.78, 5) is 12.4.